The first kappa shape index (κ1) is 6.27. The molecule has 0 aliphatic carbocycles. The van der Waals surface area contributed by atoms with Crippen molar-refractivity contribution in [1.29, 1.82) is 0 Å². The van der Waals surface area contributed by atoms with E-state index in [1.807, 2.05) is 0 Å². The second-order valence-electron chi connectivity index (χ2n) is 2.56. The lowest BCUT2D eigenvalue weighted by atomic mass is 10.1. The minimum atomic E-state index is -0.470. The topological polar surface area (TPSA) is 17.1 Å². The molecule has 1 aliphatic heterocycles. The molecule has 1 fully saturated rings. The van der Waals surface area contributed by atoms with Crippen LogP contribution in [0.5, 0.6) is 0 Å². The molecule has 8 heavy (non-hydrogen) atoms. The first-order valence-corrected chi connectivity index (χ1v) is 4.63. The minimum Gasteiger partial charge on any atom is -0.260 e. The number of hydrogen-bond donors (Lipinski definition) is 0. The van der Waals surface area contributed by atoms with Crippen molar-refractivity contribution >= 4 is 10.8 Å². The molecular weight excluding hydrogens is 120 g/mol. The quantitative estimate of drug-likeness (QED) is 0.483. The van der Waals surface area contributed by atoms with Crippen molar-refractivity contribution in [3.8, 4) is 0 Å². The number of rotatable bonds is 0. The fourth-order valence-electron chi connectivity index (χ4n) is 1.08. The first-order chi connectivity index (χ1) is 3.79. The maximum absolute atomic E-state index is 10.8. The van der Waals surface area contributed by atoms with E-state index < -0.39 is 10.8 Å². The zero-order valence-corrected chi connectivity index (χ0v) is 6.04. The van der Waals surface area contributed by atoms with Crippen molar-refractivity contribution in [2.75, 3.05) is 11.5 Å². The second kappa shape index (κ2) is 2.62. The van der Waals surface area contributed by atoms with Crippen LogP contribution in [-0.4, -0.2) is 15.7 Å². The van der Waals surface area contributed by atoms with E-state index >= 15 is 0 Å². The van der Waals surface area contributed by atoms with Gasteiger partial charge in [-0.25, -0.2) is 0 Å². The third-order valence-electron chi connectivity index (χ3n) is 1.54. The molecule has 0 saturated carbocycles. The molecule has 0 bridgehead atoms. The van der Waals surface area contributed by atoms with Crippen LogP contribution in [0.4, 0.5) is 0 Å². The average molecular weight is 132 g/mol. The molecule has 0 aromatic rings. The molecule has 0 aromatic carbocycles. The Labute approximate surface area is 52.9 Å². The predicted molar refractivity (Wildman–Crippen MR) is 36.3 cm³/mol. The van der Waals surface area contributed by atoms with Crippen molar-refractivity contribution in [1.82, 2.24) is 0 Å². The molecule has 2 atom stereocenters. The molecule has 1 aliphatic rings. The Hall–Kier alpha value is 0.150. The van der Waals surface area contributed by atoms with E-state index in [9.17, 15) is 4.21 Å². The molecule has 0 aromatic heterocycles. The van der Waals surface area contributed by atoms with Crippen LogP contribution in [0.15, 0.2) is 0 Å². The van der Waals surface area contributed by atoms with Crippen LogP contribution in [-0.2, 0) is 10.8 Å². The molecule has 2 heteroatoms. The Kier molecular flexibility index (Phi) is 2.06. The minimum absolute atomic E-state index is 0.470. The number of hydrogen-bond acceptors (Lipinski definition) is 1. The Morgan fingerprint density at radius 2 is 2.38 bits per heavy atom. The van der Waals surface area contributed by atoms with E-state index in [0.717, 1.165) is 11.5 Å². The van der Waals surface area contributed by atoms with Gasteiger partial charge in [-0.15, -0.1) is 0 Å². The first-order valence-electron chi connectivity index (χ1n) is 3.14. The fourth-order valence-corrected chi connectivity index (χ4v) is 2.53. The van der Waals surface area contributed by atoms with E-state index in [0.29, 0.717) is 5.92 Å². The predicted octanol–water partition coefficient (Wildman–Crippen LogP) is 1.17. The Balaban J connectivity index is 2.34. The largest absolute Gasteiger partial charge is 0.260 e. The summed E-state index contributed by atoms with van der Waals surface area (Å²) < 4.78 is 10.8. The average Bonchev–Trinajstić information content (AvgIpc) is 1.64. The van der Waals surface area contributed by atoms with E-state index in [4.69, 9.17) is 0 Å². The molecule has 0 radical (unpaired) electrons. The smallest absolute Gasteiger partial charge is 0.0260 e. The lowest BCUT2D eigenvalue weighted by Crippen LogP contribution is -2.17. The summed E-state index contributed by atoms with van der Waals surface area (Å²) in [5.41, 5.74) is 0. The van der Waals surface area contributed by atoms with Gasteiger partial charge < -0.3 is 0 Å². The normalized spacial score (nSPS) is 39.6. The fraction of sp³-hybridized carbons (Fsp3) is 1.00. The van der Waals surface area contributed by atoms with E-state index in [1.54, 1.807) is 0 Å². The Morgan fingerprint density at radius 1 is 1.62 bits per heavy atom. The molecule has 1 heterocycles. The van der Waals surface area contributed by atoms with Gasteiger partial charge in [0.05, 0.1) is 0 Å². The van der Waals surface area contributed by atoms with Crippen LogP contribution >= 0.6 is 0 Å². The van der Waals surface area contributed by atoms with Gasteiger partial charge in [-0.2, -0.15) is 0 Å². The van der Waals surface area contributed by atoms with Crippen LogP contribution in [0, 0.1) is 5.92 Å². The van der Waals surface area contributed by atoms with Crippen LogP contribution < -0.4 is 0 Å². The summed E-state index contributed by atoms with van der Waals surface area (Å²) >= 11 is 0. The second-order valence-corrected chi connectivity index (χ2v) is 4.18. The SMILES string of the molecule is CC1CCCS(=O)C1. The van der Waals surface area contributed by atoms with Crippen LogP contribution in [0.1, 0.15) is 19.8 Å². The summed E-state index contributed by atoms with van der Waals surface area (Å²) in [4.78, 5) is 0. The summed E-state index contributed by atoms with van der Waals surface area (Å²) in [5, 5.41) is 0. The van der Waals surface area contributed by atoms with Crippen LogP contribution in [0.3, 0.4) is 0 Å². The lowest BCUT2D eigenvalue weighted by Gasteiger charge is -2.15. The van der Waals surface area contributed by atoms with Crippen molar-refractivity contribution in [2.24, 2.45) is 5.92 Å². The van der Waals surface area contributed by atoms with Gasteiger partial charge >= 0.3 is 0 Å². The Bertz CT molecular complexity index is 101. The zero-order chi connectivity index (χ0) is 5.98. The summed E-state index contributed by atoms with van der Waals surface area (Å²) in [6.07, 6.45) is 2.46. The van der Waals surface area contributed by atoms with Gasteiger partial charge in [-0.3, -0.25) is 4.21 Å². The summed E-state index contributed by atoms with van der Waals surface area (Å²) in [7, 11) is -0.470. The van der Waals surface area contributed by atoms with Gasteiger partial charge in [-0.05, 0) is 18.8 Å². The molecule has 48 valence electrons. The summed E-state index contributed by atoms with van der Waals surface area (Å²) in [6.45, 7) is 2.18. The highest BCUT2D eigenvalue weighted by molar-refractivity contribution is 7.85. The van der Waals surface area contributed by atoms with Gasteiger partial charge in [0.15, 0.2) is 0 Å². The van der Waals surface area contributed by atoms with Crippen molar-refractivity contribution in [3.05, 3.63) is 0 Å². The molecule has 2 unspecified atom stereocenters. The highest BCUT2D eigenvalue weighted by Gasteiger charge is 2.12. The van der Waals surface area contributed by atoms with Crippen LogP contribution in [0.2, 0.25) is 0 Å². The maximum Gasteiger partial charge on any atom is 0.0260 e. The molecular formula is C6H12OS. The zero-order valence-electron chi connectivity index (χ0n) is 5.22. The molecule has 0 N–H and O–H groups in total. The highest BCUT2D eigenvalue weighted by Crippen LogP contribution is 2.13. The van der Waals surface area contributed by atoms with E-state index in [1.165, 1.54) is 12.8 Å². The standard InChI is InChI=1S/C6H12OS/c1-6-3-2-4-8(7)5-6/h6H,2-5H2,1H3. The molecule has 1 saturated heterocycles. The molecule has 1 nitrogen and oxygen atoms in total. The Morgan fingerprint density at radius 3 is 2.75 bits per heavy atom. The van der Waals surface area contributed by atoms with Gasteiger partial charge in [0.1, 0.15) is 0 Å². The molecule has 0 spiro atoms. The lowest BCUT2D eigenvalue weighted by molar-refractivity contribution is 0.552. The maximum atomic E-state index is 10.8. The van der Waals surface area contributed by atoms with E-state index in [2.05, 4.69) is 6.92 Å². The van der Waals surface area contributed by atoms with Crippen molar-refractivity contribution < 1.29 is 4.21 Å². The molecule has 0 amide bonds. The highest BCUT2D eigenvalue weighted by atomic mass is 32.2. The summed E-state index contributed by atoms with van der Waals surface area (Å²) in [5.74, 6) is 2.61. The van der Waals surface area contributed by atoms with Gasteiger partial charge in [0.2, 0.25) is 0 Å². The van der Waals surface area contributed by atoms with Crippen molar-refractivity contribution in [3.63, 3.8) is 0 Å². The molecule has 1 rings (SSSR count). The van der Waals surface area contributed by atoms with E-state index in [-0.39, 0.29) is 0 Å². The summed E-state index contributed by atoms with van der Waals surface area (Å²) in [6, 6.07) is 0. The van der Waals surface area contributed by atoms with Gasteiger partial charge in [0.25, 0.3) is 0 Å². The van der Waals surface area contributed by atoms with Gasteiger partial charge in [-0.1, -0.05) is 6.92 Å². The monoisotopic (exact) mass is 132 g/mol. The van der Waals surface area contributed by atoms with Crippen molar-refractivity contribution in [2.45, 2.75) is 19.8 Å². The van der Waals surface area contributed by atoms with Gasteiger partial charge in [0, 0.05) is 22.3 Å². The third kappa shape index (κ3) is 1.58. The van der Waals surface area contributed by atoms with Crippen LogP contribution in [0.25, 0.3) is 0 Å². The third-order valence-corrected chi connectivity index (χ3v) is 3.22.